The first kappa shape index (κ1) is 15.3. The summed E-state index contributed by atoms with van der Waals surface area (Å²) in [4.78, 5) is 23.8. The number of aryl methyl sites for hydroxylation is 1. The highest BCUT2D eigenvalue weighted by Crippen LogP contribution is 2.29. The lowest BCUT2D eigenvalue weighted by atomic mass is 9.96. The van der Waals surface area contributed by atoms with Crippen LogP contribution in [0.5, 0.6) is 0 Å². The van der Waals surface area contributed by atoms with Gasteiger partial charge < -0.3 is 14.2 Å². The zero-order valence-electron chi connectivity index (χ0n) is 13.9. The van der Waals surface area contributed by atoms with Crippen molar-refractivity contribution in [2.24, 2.45) is 7.05 Å². The molecule has 2 aliphatic heterocycles. The van der Waals surface area contributed by atoms with E-state index in [1.807, 2.05) is 34.8 Å². The fraction of sp³-hybridized carbons (Fsp3) is 0.500. The van der Waals surface area contributed by atoms with Crippen LogP contribution in [0.4, 0.5) is 0 Å². The van der Waals surface area contributed by atoms with E-state index in [2.05, 4.69) is 9.97 Å². The highest BCUT2D eigenvalue weighted by atomic mass is 16.5. The van der Waals surface area contributed by atoms with Crippen molar-refractivity contribution >= 4 is 5.91 Å². The summed E-state index contributed by atoms with van der Waals surface area (Å²) in [6.45, 7) is 2.97. The maximum absolute atomic E-state index is 12.8. The lowest BCUT2D eigenvalue weighted by Gasteiger charge is -2.20. The first-order valence-electron chi connectivity index (χ1n) is 8.55. The fourth-order valence-electron chi connectivity index (χ4n) is 3.70. The average molecular weight is 326 g/mol. The zero-order chi connectivity index (χ0) is 16.5. The van der Waals surface area contributed by atoms with E-state index in [0.717, 1.165) is 49.6 Å². The molecule has 6 heteroatoms. The molecule has 1 amide bonds. The number of amides is 1. The second kappa shape index (κ2) is 6.36. The molecule has 0 aliphatic carbocycles. The van der Waals surface area contributed by atoms with Crippen molar-refractivity contribution in [1.29, 1.82) is 0 Å². The summed E-state index contributed by atoms with van der Waals surface area (Å²) in [5.74, 6) is 0.464. The Labute approximate surface area is 141 Å². The lowest BCUT2D eigenvalue weighted by molar-refractivity contribution is 0.0753. The fourth-order valence-corrected chi connectivity index (χ4v) is 3.70. The van der Waals surface area contributed by atoms with Crippen molar-refractivity contribution in [2.45, 2.75) is 25.2 Å². The largest absolute Gasteiger partial charge is 0.381 e. The van der Waals surface area contributed by atoms with Crippen LogP contribution in [0.2, 0.25) is 0 Å². The second-order valence-electron chi connectivity index (χ2n) is 6.54. The molecule has 6 nitrogen and oxygen atoms in total. The summed E-state index contributed by atoms with van der Waals surface area (Å²) in [6, 6.07) is 3.78. The van der Waals surface area contributed by atoms with E-state index in [9.17, 15) is 4.79 Å². The molecule has 2 aromatic heterocycles. The molecule has 24 heavy (non-hydrogen) atoms. The minimum Gasteiger partial charge on any atom is -0.381 e. The Morgan fingerprint density at radius 2 is 2.17 bits per heavy atom. The molecule has 4 rings (SSSR count). The standard InChI is InChI=1S/C18H22N4O2/c1-21-7-2-3-16(21)18(23)22-8-4-14-15(5-9-22)19-12-20-17(14)13-6-10-24-11-13/h2-3,7,12-13H,4-6,8-11H2,1H3. The Morgan fingerprint density at radius 3 is 2.92 bits per heavy atom. The van der Waals surface area contributed by atoms with E-state index in [1.54, 1.807) is 6.33 Å². The zero-order valence-corrected chi connectivity index (χ0v) is 13.9. The van der Waals surface area contributed by atoms with Crippen molar-refractivity contribution in [3.8, 4) is 0 Å². The van der Waals surface area contributed by atoms with Crippen LogP contribution < -0.4 is 0 Å². The van der Waals surface area contributed by atoms with Crippen LogP contribution in [-0.4, -0.2) is 51.6 Å². The van der Waals surface area contributed by atoms with E-state index < -0.39 is 0 Å². The Bertz CT molecular complexity index is 749. The molecule has 0 aromatic carbocycles. The van der Waals surface area contributed by atoms with Crippen molar-refractivity contribution in [3.05, 3.63) is 47.3 Å². The number of ether oxygens (including phenoxy) is 1. The van der Waals surface area contributed by atoms with Gasteiger partial charge in [-0.2, -0.15) is 0 Å². The van der Waals surface area contributed by atoms with E-state index in [4.69, 9.17) is 4.74 Å². The molecular weight excluding hydrogens is 304 g/mol. The molecule has 4 heterocycles. The van der Waals surface area contributed by atoms with Crippen molar-refractivity contribution in [2.75, 3.05) is 26.3 Å². The van der Waals surface area contributed by atoms with Gasteiger partial charge in [0.1, 0.15) is 12.0 Å². The molecule has 2 aromatic rings. The summed E-state index contributed by atoms with van der Waals surface area (Å²) in [6.07, 6.45) is 6.20. The van der Waals surface area contributed by atoms with Crippen LogP contribution in [-0.2, 0) is 24.6 Å². The maximum atomic E-state index is 12.8. The molecule has 126 valence electrons. The lowest BCUT2D eigenvalue weighted by Crippen LogP contribution is -2.34. The SMILES string of the molecule is Cn1cccc1C(=O)N1CCc2ncnc(C3CCOC3)c2CC1. The van der Waals surface area contributed by atoms with Crippen molar-refractivity contribution < 1.29 is 9.53 Å². The third-order valence-corrected chi connectivity index (χ3v) is 5.08. The molecular formula is C18H22N4O2. The van der Waals surface area contributed by atoms with Crippen molar-refractivity contribution in [3.63, 3.8) is 0 Å². The van der Waals surface area contributed by atoms with E-state index in [1.165, 1.54) is 5.56 Å². The number of nitrogens with zero attached hydrogens (tertiary/aromatic N) is 4. The molecule has 0 N–H and O–H groups in total. The molecule has 0 radical (unpaired) electrons. The minimum absolute atomic E-state index is 0.0917. The molecule has 2 aliphatic rings. The Kier molecular flexibility index (Phi) is 4.06. The summed E-state index contributed by atoms with van der Waals surface area (Å²) >= 11 is 0. The number of carbonyl (C=O) groups excluding carboxylic acids is 1. The average Bonchev–Trinajstić information content (AvgIpc) is 3.21. The molecule has 1 saturated heterocycles. The molecule has 0 saturated carbocycles. The van der Waals surface area contributed by atoms with Gasteiger partial charge in [0.05, 0.1) is 12.3 Å². The summed E-state index contributed by atoms with van der Waals surface area (Å²) in [7, 11) is 1.91. The van der Waals surface area contributed by atoms with Crippen LogP contribution >= 0.6 is 0 Å². The number of hydrogen-bond donors (Lipinski definition) is 0. The highest BCUT2D eigenvalue weighted by molar-refractivity contribution is 5.92. The van der Waals surface area contributed by atoms with Gasteiger partial charge >= 0.3 is 0 Å². The van der Waals surface area contributed by atoms with Crippen LogP contribution in [0.1, 0.15) is 39.8 Å². The van der Waals surface area contributed by atoms with Crippen LogP contribution in [0, 0.1) is 0 Å². The third kappa shape index (κ3) is 2.71. The van der Waals surface area contributed by atoms with Crippen molar-refractivity contribution in [1.82, 2.24) is 19.4 Å². The maximum Gasteiger partial charge on any atom is 0.270 e. The smallest absolute Gasteiger partial charge is 0.270 e. The van der Waals surface area contributed by atoms with E-state index in [-0.39, 0.29) is 5.91 Å². The van der Waals surface area contributed by atoms with Gasteiger partial charge in [0.25, 0.3) is 5.91 Å². The van der Waals surface area contributed by atoms with Gasteiger partial charge in [0, 0.05) is 51.0 Å². The van der Waals surface area contributed by atoms with Gasteiger partial charge in [-0.15, -0.1) is 0 Å². The number of aromatic nitrogens is 3. The predicted octanol–water partition coefficient (Wildman–Crippen LogP) is 1.56. The molecule has 1 atom stereocenters. The topological polar surface area (TPSA) is 60.2 Å². The third-order valence-electron chi connectivity index (χ3n) is 5.08. The number of hydrogen-bond acceptors (Lipinski definition) is 4. The van der Waals surface area contributed by atoms with Gasteiger partial charge in [-0.1, -0.05) is 0 Å². The second-order valence-corrected chi connectivity index (χ2v) is 6.54. The van der Waals surface area contributed by atoms with Gasteiger partial charge in [-0.25, -0.2) is 9.97 Å². The Balaban J connectivity index is 1.57. The number of fused-ring (bicyclic) bond motifs is 1. The number of rotatable bonds is 2. The summed E-state index contributed by atoms with van der Waals surface area (Å²) in [5, 5.41) is 0. The van der Waals surface area contributed by atoms with Crippen LogP contribution in [0.15, 0.2) is 24.7 Å². The van der Waals surface area contributed by atoms with Crippen LogP contribution in [0.3, 0.4) is 0 Å². The van der Waals surface area contributed by atoms with Crippen LogP contribution in [0.25, 0.3) is 0 Å². The first-order valence-corrected chi connectivity index (χ1v) is 8.55. The summed E-state index contributed by atoms with van der Waals surface area (Å²) in [5.41, 5.74) is 4.19. The monoisotopic (exact) mass is 326 g/mol. The molecule has 0 spiro atoms. The first-order chi connectivity index (χ1) is 11.7. The van der Waals surface area contributed by atoms with E-state index in [0.29, 0.717) is 19.0 Å². The van der Waals surface area contributed by atoms with Gasteiger partial charge in [-0.05, 0) is 30.5 Å². The number of carbonyl (C=O) groups is 1. The predicted molar refractivity (Wildman–Crippen MR) is 88.9 cm³/mol. The van der Waals surface area contributed by atoms with Gasteiger partial charge in [-0.3, -0.25) is 4.79 Å². The highest BCUT2D eigenvalue weighted by Gasteiger charge is 2.27. The molecule has 1 unspecified atom stereocenters. The Morgan fingerprint density at radius 1 is 1.29 bits per heavy atom. The normalized spacial score (nSPS) is 20.7. The Hall–Kier alpha value is -2.21. The van der Waals surface area contributed by atoms with Gasteiger partial charge in [0.15, 0.2) is 0 Å². The molecule has 0 bridgehead atoms. The van der Waals surface area contributed by atoms with Gasteiger partial charge in [0.2, 0.25) is 0 Å². The van der Waals surface area contributed by atoms with E-state index >= 15 is 0 Å². The quantitative estimate of drug-likeness (QED) is 0.840. The summed E-state index contributed by atoms with van der Waals surface area (Å²) < 4.78 is 7.40. The minimum atomic E-state index is 0.0917. The molecule has 1 fully saturated rings.